The summed E-state index contributed by atoms with van der Waals surface area (Å²) in [6.07, 6.45) is 1.53. The van der Waals surface area contributed by atoms with E-state index in [2.05, 4.69) is 15.5 Å². The summed E-state index contributed by atoms with van der Waals surface area (Å²) in [5.74, 6) is 0.540. The van der Waals surface area contributed by atoms with Gasteiger partial charge in [0.15, 0.2) is 5.96 Å². The number of guanidine groups is 1. The molecule has 7 heteroatoms. The maximum Gasteiger partial charge on any atom is 0.194 e. The van der Waals surface area contributed by atoms with E-state index in [1.807, 2.05) is 18.9 Å². The van der Waals surface area contributed by atoms with Crippen molar-refractivity contribution in [2.45, 2.75) is 20.0 Å². The molecule has 0 unspecified atom stereocenters. The van der Waals surface area contributed by atoms with Crippen LogP contribution in [0.2, 0.25) is 0 Å². The maximum atomic E-state index is 12.9. The van der Waals surface area contributed by atoms with E-state index < -0.39 is 0 Å². The van der Waals surface area contributed by atoms with Crippen LogP contribution in [0.3, 0.4) is 0 Å². The Morgan fingerprint density at radius 2 is 2.05 bits per heavy atom. The highest BCUT2D eigenvalue weighted by atomic mass is 127. The summed E-state index contributed by atoms with van der Waals surface area (Å²) in [6.45, 7) is 3.88. The average molecular weight is 418 g/mol. The Hall–Kier alpha value is -1.64. The fourth-order valence-electron chi connectivity index (χ4n) is 1.88. The molecule has 120 valence electrons. The van der Waals surface area contributed by atoms with Crippen LogP contribution in [0, 0.1) is 5.82 Å². The summed E-state index contributed by atoms with van der Waals surface area (Å²) in [4.78, 5) is 6.49. The SMILES string of the molecule is CCNC(=NCc1ccon1)N(C)Cc1ccc(F)cc1.I. The van der Waals surface area contributed by atoms with Crippen molar-refractivity contribution < 1.29 is 8.91 Å². The van der Waals surface area contributed by atoms with Crippen molar-refractivity contribution in [1.82, 2.24) is 15.4 Å². The summed E-state index contributed by atoms with van der Waals surface area (Å²) < 4.78 is 17.7. The molecule has 0 radical (unpaired) electrons. The van der Waals surface area contributed by atoms with Gasteiger partial charge >= 0.3 is 0 Å². The number of rotatable bonds is 5. The molecule has 5 nitrogen and oxygen atoms in total. The highest BCUT2D eigenvalue weighted by Crippen LogP contribution is 2.06. The zero-order valence-corrected chi connectivity index (χ0v) is 15.0. The van der Waals surface area contributed by atoms with Crippen molar-refractivity contribution in [3.8, 4) is 0 Å². The van der Waals surface area contributed by atoms with Gasteiger partial charge in [0.2, 0.25) is 0 Å². The number of hydrogen-bond donors (Lipinski definition) is 1. The summed E-state index contributed by atoms with van der Waals surface area (Å²) in [5.41, 5.74) is 1.80. The zero-order valence-electron chi connectivity index (χ0n) is 12.6. The van der Waals surface area contributed by atoms with Crippen LogP contribution in [0.15, 0.2) is 46.1 Å². The zero-order chi connectivity index (χ0) is 15.1. The maximum absolute atomic E-state index is 12.9. The molecule has 2 aromatic rings. The number of halogens is 2. The van der Waals surface area contributed by atoms with Gasteiger partial charge in [-0.15, -0.1) is 24.0 Å². The Balaban J connectivity index is 0.00000242. The highest BCUT2D eigenvalue weighted by molar-refractivity contribution is 14.0. The minimum atomic E-state index is -0.229. The third-order valence-corrected chi connectivity index (χ3v) is 2.91. The Kier molecular flexibility index (Phi) is 7.86. The van der Waals surface area contributed by atoms with E-state index in [4.69, 9.17) is 4.52 Å². The van der Waals surface area contributed by atoms with E-state index in [9.17, 15) is 4.39 Å². The van der Waals surface area contributed by atoms with Crippen LogP contribution in [0.1, 0.15) is 18.2 Å². The lowest BCUT2D eigenvalue weighted by molar-refractivity contribution is 0.411. The second-order valence-electron chi connectivity index (χ2n) is 4.64. The van der Waals surface area contributed by atoms with Gasteiger partial charge in [0, 0.05) is 26.2 Å². The van der Waals surface area contributed by atoms with Gasteiger partial charge in [-0.25, -0.2) is 9.38 Å². The van der Waals surface area contributed by atoms with E-state index in [0.717, 1.165) is 23.8 Å². The molecule has 0 spiro atoms. The fourth-order valence-corrected chi connectivity index (χ4v) is 1.88. The van der Waals surface area contributed by atoms with E-state index in [0.29, 0.717) is 13.1 Å². The van der Waals surface area contributed by atoms with Crippen LogP contribution >= 0.6 is 24.0 Å². The van der Waals surface area contributed by atoms with Gasteiger partial charge in [0.1, 0.15) is 17.8 Å². The van der Waals surface area contributed by atoms with Crippen LogP contribution in [0.25, 0.3) is 0 Å². The van der Waals surface area contributed by atoms with Gasteiger partial charge in [-0.1, -0.05) is 17.3 Å². The van der Waals surface area contributed by atoms with Gasteiger partial charge in [0.25, 0.3) is 0 Å². The molecule has 0 atom stereocenters. The van der Waals surface area contributed by atoms with Gasteiger partial charge < -0.3 is 14.7 Å². The molecule has 0 saturated carbocycles. The highest BCUT2D eigenvalue weighted by Gasteiger charge is 2.07. The lowest BCUT2D eigenvalue weighted by atomic mass is 10.2. The standard InChI is InChI=1S/C15H19FN4O.HI/c1-3-17-15(18-10-14-8-9-21-19-14)20(2)11-12-4-6-13(16)7-5-12;/h4-9H,3,10-11H2,1-2H3,(H,17,18);1H. The molecule has 0 aliphatic heterocycles. The summed E-state index contributed by atoms with van der Waals surface area (Å²) in [5, 5.41) is 7.05. The van der Waals surface area contributed by atoms with Crippen LogP contribution < -0.4 is 5.32 Å². The molecular weight excluding hydrogens is 398 g/mol. The fraction of sp³-hybridized carbons (Fsp3) is 0.333. The van der Waals surface area contributed by atoms with Gasteiger partial charge in [-0.2, -0.15) is 0 Å². The minimum Gasteiger partial charge on any atom is -0.364 e. The second-order valence-corrected chi connectivity index (χ2v) is 4.64. The molecule has 0 aliphatic carbocycles. The largest absolute Gasteiger partial charge is 0.364 e. The number of aromatic nitrogens is 1. The molecule has 1 heterocycles. The first kappa shape index (κ1) is 18.4. The molecule has 22 heavy (non-hydrogen) atoms. The molecule has 1 aromatic carbocycles. The molecule has 2 rings (SSSR count). The Morgan fingerprint density at radius 1 is 1.32 bits per heavy atom. The molecule has 0 amide bonds. The topological polar surface area (TPSA) is 53.7 Å². The minimum absolute atomic E-state index is 0. The Labute approximate surface area is 146 Å². The molecular formula is C15H20FIN4O. The Bertz CT molecular complexity index is 572. The predicted molar refractivity (Wildman–Crippen MR) is 94.6 cm³/mol. The van der Waals surface area contributed by atoms with E-state index in [-0.39, 0.29) is 29.8 Å². The number of aliphatic imine (C=N–C) groups is 1. The van der Waals surface area contributed by atoms with Crippen molar-refractivity contribution in [1.29, 1.82) is 0 Å². The van der Waals surface area contributed by atoms with Crippen LogP contribution in [-0.4, -0.2) is 29.6 Å². The molecule has 1 aromatic heterocycles. The number of benzene rings is 1. The molecule has 1 N–H and O–H groups in total. The van der Waals surface area contributed by atoms with Gasteiger partial charge in [0.05, 0.1) is 6.54 Å². The first-order chi connectivity index (χ1) is 10.2. The predicted octanol–water partition coefficient (Wildman–Crippen LogP) is 3.03. The van der Waals surface area contributed by atoms with E-state index in [1.54, 1.807) is 18.2 Å². The number of nitrogens with one attached hydrogen (secondary N) is 1. The molecule has 0 saturated heterocycles. The van der Waals surface area contributed by atoms with E-state index in [1.165, 1.54) is 18.4 Å². The van der Waals surface area contributed by atoms with Crippen molar-refractivity contribution in [3.63, 3.8) is 0 Å². The van der Waals surface area contributed by atoms with Crippen LogP contribution in [0.5, 0.6) is 0 Å². The van der Waals surface area contributed by atoms with Crippen LogP contribution in [-0.2, 0) is 13.1 Å². The monoisotopic (exact) mass is 418 g/mol. The van der Waals surface area contributed by atoms with Crippen molar-refractivity contribution >= 4 is 29.9 Å². The third kappa shape index (κ3) is 5.63. The molecule has 0 aliphatic rings. The van der Waals surface area contributed by atoms with Gasteiger partial charge in [-0.05, 0) is 24.6 Å². The lowest BCUT2D eigenvalue weighted by Crippen LogP contribution is -2.38. The normalized spacial score (nSPS) is 11.0. The number of hydrogen-bond acceptors (Lipinski definition) is 3. The van der Waals surface area contributed by atoms with Crippen molar-refractivity contribution in [2.75, 3.05) is 13.6 Å². The summed E-state index contributed by atoms with van der Waals surface area (Å²) >= 11 is 0. The first-order valence-electron chi connectivity index (χ1n) is 6.82. The van der Waals surface area contributed by atoms with Gasteiger partial charge in [-0.3, -0.25) is 0 Å². The first-order valence-corrected chi connectivity index (χ1v) is 6.82. The summed E-state index contributed by atoms with van der Waals surface area (Å²) in [7, 11) is 1.94. The molecule has 0 fully saturated rings. The number of nitrogens with zero attached hydrogens (tertiary/aromatic N) is 3. The third-order valence-electron chi connectivity index (χ3n) is 2.91. The lowest BCUT2D eigenvalue weighted by Gasteiger charge is -2.22. The summed E-state index contributed by atoms with van der Waals surface area (Å²) in [6, 6.07) is 8.25. The second kappa shape index (κ2) is 9.39. The van der Waals surface area contributed by atoms with E-state index >= 15 is 0 Å². The quantitative estimate of drug-likeness (QED) is 0.461. The average Bonchev–Trinajstić information content (AvgIpc) is 2.99. The van der Waals surface area contributed by atoms with Crippen molar-refractivity contribution in [3.05, 3.63) is 53.7 Å². The van der Waals surface area contributed by atoms with Crippen LogP contribution in [0.4, 0.5) is 4.39 Å². The van der Waals surface area contributed by atoms with Crippen molar-refractivity contribution in [2.24, 2.45) is 4.99 Å². The molecule has 0 bridgehead atoms. The smallest absolute Gasteiger partial charge is 0.194 e. The Morgan fingerprint density at radius 3 is 2.64 bits per heavy atom.